The van der Waals surface area contributed by atoms with Gasteiger partial charge in [-0.25, -0.2) is 0 Å². The first kappa shape index (κ1) is 12.0. The molecule has 0 saturated carbocycles. The minimum Gasteiger partial charge on any atom is -0.312 e. The van der Waals surface area contributed by atoms with Crippen LogP contribution in [0, 0.1) is 11.3 Å². The molecule has 1 aromatic rings. The van der Waals surface area contributed by atoms with Crippen molar-refractivity contribution >= 4 is 12.4 Å². The Kier molecular flexibility index (Phi) is 4.61. The molecule has 0 radical (unpaired) electrons. The zero-order chi connectivity index (χ0) is 9.80. The maximum Gasteiger partial charge on any atom is 0.0865 e. The van der Waals surface area contributed by atoms with Crippen molar-refractivity contribution in [1.82, 2.24) is 5.32 Å². The highest BCUT2D eigenvalue weighted by atomic mass is 35.5. The predicted molar refractivity (Wildman–Crippen MR) is 63.1 cm³/mol. The number of halogens is 1. The van der Waals surface area contributed by atoms with Gasteiger partial charge in [0.05, 0.1) is 12.0 Å². The van der Waals surface area contributed by atoms with Gasteiger partial charge in [-0.3, -0.25) is 0 Å². The van der Waals surface area contributed by atoms with Gasteiger partial charge in [-0.05, 0) is 24.9 Å². The van der Waals surface area contributed by atoms with Gasteiger partial charge < -0.3 is 5.32 Å². The van der Waals surface area contributed by atoms with E-state index in [1.165, 1.54) is 6.42 Å². The van der Waals surface area contributed by atoms with Gasteiger partial charge in [0, 0.05) is 6.04 Å². The van der Waals surface area contributed by atoms with Crippen molar-refractivity contribution in [2.45, 2.75) is 24.8 Å². The molecule has 1 aliphatic heterocycles. The molecule has 1 fully saturated rings. The molecule has 15 heavy (non-hydrogen) atoms. The highest BCUT2D eigenvalue weighted by Gasteiger charge is 2.25. The van der Waals surface area contributed by atoms with Crippen molar-refractivity contribution in [3.63, 3.8) is 0 Å². The molecule has 1 aromatic carbocycles. The summed E-state index contributed by atoms with van der Waals surface area (Å²) in [6.45, 7) is 1.05. The first-order valence-corrected chi connectivity index (χ1v) is 5.10. The van der Waals surface area contributed by atoms with Crippen LogP contribution in [0.15, 0.2) is 30.3 Å². The maximum absolute atomic E-state index is 9.15. The van der Waals surface area contributed by atoms with E-state index in [4.69, 9.17) is 5.26 Å². The summed E-state index contributed by atoms with van der Waals surface area (Å²) in [6, 6.07) is 12.8. The molecule has 0 spiro atoms. The lowest BCUT2D eigenvalue weighted by molar-refractivity contribution is 0.558. The molecule has 0 aromatic heterocycles. The van der Waals surface area contributed by atoms with E-state index in [1.807, 2.05) is 30.3 Å². The summed E-state index contributed by atoms with van der Waals surface area (Å²) < 4.78 is 0. The molecule has 3 heteroatoms. The third kappa shape index (κ3) is 2.71. The summed E-state index contributed by atoms with van der Waals surface area (Å²) in [5.41, 5.74) is 1.13. The average Bonchev–Trinajstić information content (AvgIpc) is 2.74. The second kappa shape index (κ2) is 5.75. The summed E-state index contributed by atoms with van der Waals surface area (Å²) in [7, 11) is 0. The molecule has 2 atom stereocenters. The minimum atomic E-state index is 0. The fourth-order valence-electron chi connectivity index (χ4n) is 2.05. The molecular formula is C12H15ClN2. The monoisotopic (exact) mass is 222 g/mol. The standard InChI is InChI=1S/C12H14N2.ClH/c13-9-11(12-7-4-8-14-12)10-5-2-1-3-6-10;/h1-3,5-6,11-12,14H,4,7-8H2;1H. The van der Waals surface area contributed by atoms with Gasteiger partial charge in [0.2, 0.25) is 0 Å². The van der Waals surface area contributed by atoms with Crippen molar-refractivity contribution in [2.24, 2.45) is 0 Å². The molecule has 2 rings (SSSR count). The Bertz CT molecular complexity index is 325. The van der Waals surface area contributed by atoms with E-state index in [-0.39, 0.29) is 18.3 Å². The normalized spacial score (nSPS) is 21.4. The molecule has 0 aliphatic carbocycles. The maximum atomic E-state index is 9.15. The number of benzene rings is 1. The smallest absolute Gasteiger partial charge is 0.0865 e. The number of hydrogen-bond donors (Lipinski definition) is 1. The van der Waals surface area contributed by atoms with Crippen LogP contribution >= 0.6 is 12.4 Å². The van der Waals surface area contributed by atoms with E-state index >= 15 is 0 Å². The number of nitrogens with zero attached hydrogens (tertiary/aromatic N) is 1. The molecular weight excluding hydrogens is 208 g/mol. The molecule has 80 valence electrons. The van der Waals surface area contributed by atoms with Gasteiger partial charge in [-0.2, -0.15) is 5.26 Å². The third-order valence-electron chi connectivity index (χ3n) is 2.80. The summed E-state index contributed by atoms with van der Waals surface area (Å²) in [5, 5.41) is 12.5. The van der Waals surface area contributed by atoms with E-state index < -0.39 is 0 Å². The second-order valence-corrected chi connectivity index (χ2v) is 3.72. The number of rotatable bonds is 2. The molecule has 2 unspecified atom stereocenters. The van der Waals surface area contributed by atoms with Crippen LogP contribution in [0.4, 0.5) is 0 Å². The zero-order valence-corrected chi connectivity index (χ0v) is 9.33. The van der Waals surface area contributed by atoms with Crippen LogP contribution in [-0.2, 0) is 0 Å². The lowest BCUT2D eigenvalue weighted by Crippen LogP contribution is -2.27. The predicted octanol–water partition coefficient (Wildman–Crippen LogP) is 2.47. The Morgan fingerprint density at radius 2 is 2.07 bits per heavy atom. The Balaban J connectivity index is 0.00000112. The Morgan fingerprint density at radius 1 is 1.33 bits per heavy atom. The number of nitriles is 1. The van der Waals surface area contributed by atoms with Gasteiger partial charge in [0.15, 0.2) is 0 Å². The fourth-order valence-corrected chi connectivity index (χ4v) is 2.05. The lowest BCUT2D eigenvalue weighted by atomic mass is 9.92. The van der Waals surface area contributed by atoms with Crippen LogP contribution in [0.2, 0.25) is 0 Å². The quantitative estimate of drug-likeness (QED) is 0.835. The van der Waals surface area contributed by atoms with Gasteiger partial charge in [0.25, 0.3) is 0 Å². The number of hydrogen-bond acceptors (Lipinski definition) is 2. The van der Waals surface area contributed by atoms with Crippen molar-refractivity contribution in [2.75, 3.05) is 6.54 Å². The van der Waals surface area contributed by atoms with Crippen molar-refractivity contribution in [1.29, 1.82) is 5.26 Å². The molecule has 1 saturated heterocycles. The largest absolute Gasteiger partial charge is 0.312 e. The van der Waals surface area contributed by atoms with E-state index in [9.17, 15) is 0 Å². The van der Waals surface area contributed by atoms with Gasteiger partial charge in [-0.15, -0.1) is 12.4 Å². The van der Waals surface area contributed by atoms with Crippen molar-refractivity contribution in [3.05, 3.63) is 35.9 Å². The van der Waals surface area contributed by atoms with E-state index in [1.54, 1.807) is 0 Å². The Morgan fingerprint density at radius 3 is 2.60 bits per heavy atom. The molecule has 2 nitrogen and oxygen atoms in total. The first-order valence-electron chi connectivity index (χ1n) is 5.10. The summed E-state index contributed by atoms with van der Waals surface area (Å²) in [4.78, 5) is 0. The third-order valence-corrected chi connectivity index (χ3v) is 2.80. The highest BCUT2D eigenvalue weighted by molar-refractivity contribution is 5.85. The van der Waals surface area contributed by atoms with E-state index in [0.717, 1.165) is 18.5 Å². The van der Waals surface area contributed by atoms with Crippen molar-refractivity contribution < 1.29 is 0 Å². The Hall–Kier alpha value is -1.04. The van der Waals surface area contributed by atoms with Crippen LogP contribution in [-0.4, -0.2) is 12.6 Å². The van der Waals surface area contributed by atoms with E-state index in [0.29, 0.717) is 6.04 Å². The molecule has 0 bridgehead atoms. The van der Waals surface area contributed by atoms with Crippen LogP contribution in [0.5, 0.6) is 0 Å². The molecule has 0 amide bonds. The first-order chi connectivity index (χ1) is 6.92. The number of nitrogens with one attached hydrogen (secondary N) is 1. The second-order valence-electron chi connectivity index (χ2n) is 3.72. The molecule has 1 N–H and O–H groups in total. The fraction of sp³-hybridized carbons (Fsp3) is 0.417. The highest BCUT2D eigenvalue weighted by Crippen LogP contribution is 2.24. The summed E-state index contributed by atoms with van der Waals surface area (Å²) >= 11 is 0. The topological polar surface area (TPSA) is 35.8 Å². The van der Waals surface area contributed by atoms with Gasteiger partial charge in [-0.1, -0.05) is 30.3 Å². The van der Waals surface area contributed by atoms with Crippen LogP contribution in [0.3, 0.4) is 0 Å². The summed E-state index contributed by atoms with van der Waals surface area (Å²) in [6.07, 6.45) is 2.31. The van der Waals surface area contributed by atoms with Gasteiger partial charge >= 0.3 is 0 Å². The van der Waals surface area contributed by atoms with Gasteiger partial charge in [0.1, 0.15) is 0 Å². The van der Waals surface area contributed by atoms with Crippen LogP contribution in [0.1, 0.15) is 24.3 Å². The van der Waals surface area contributed by atoms with Crippen molar-refractivity contribution in [3.8, 4) is 6.07 Å². The van der Waals surface area contributed by atoms with Crippen LogP contribution in [0.25, 0.3) is 0 Å². The Labute approximate surface area is 96.7 Å². The zero-order valence-electron chi connectivity index (χ0n) is 8.52. The SMILES string of the molecule is Cl.N#CC(c1ccccc1)C1CCCN1. The molecule has 1 heterocycles. The van der Waals surface area contributed by atoms with Crippen LogP contribution < -0.4 is 5.32 Å². The average molecular weight is 223 g/mol. The molecule has 1 aliphatic rings. The van der Waals surface area contributed by atoms with E-state index in [2.05, 4.69) is 11.4 Å². The minimum absolute atomic E-state index is 0. The summed E-state index contributed by atoms with van der Waals surface area (Å²) in [5.74, 6) is 0.0127. The lowest BCUT2D eigenvalue weighted by Gasteiger charge is -2.16.